The summed E-state index contributed by atoms with van der Waals surface area (Å²) in [7, 11) is 0. The fraction of sp³-hybridized carbons (Fsp3) is 0.692. The molecule has 1 heterocycles. The summed E-state index contributed by atoms with van der Waals surface area (Å²) in [6.45, 7) is 5.74. The summed E-state index contributed by atoms with van der Waals surface area (Å²) in [4.78, 5) is 0. The minimum Gasteiger partial charge on any atom is -0.394 e. The minimum absolute atomic E-state index is 0.202. The lowest BCUT2D eigenvalue weighted by atomic mass is 10.0. The largest absolute Gasteiger partial charge is 0.394 e. The van der Waals surface area contributed by atoms with E-state index in [0.717, 1.165) is 29.7 Å². The van der Waals surface area contributed by atoms with Gasteiger partial charge in [-0.3, -0.25) is 0 Å². The predicted molar refractivity (Wildman–Crippen MR) is 74.9 cm³/mol. The Morgan fingerprint density at radius 3 is 2.16 bits per heavy atom. The van der Waals surface area contributed by atoms with E-state index >= 15 is 0 Å². The summed E-state index contributed by atoms with van der Waals surface area (Å²) in [5, 5.41) is 30.1. The summed E-state index contributed by atoms with van der Waals surface area (Å²) in [6, 6.07) is 0. The van der Waals surface area contributed by atoms with Crippen LogP contribution in [0, 0.1) is 0 Å². The maximum absolute atomic E-state index is 9.34. The quantitative estimate of drug-likeness (QED) is 0.564. The second kappa shape index (κ2) is 6.79. The van der Waals surface area contributed by atoms with Gasteiger partial charge in [-0.05, 0) is 25.3 Å². The van der Waals surface area contributed by atoms with Crippen LogP contribution >= 0.6 is 0 Å². The molecule has 0 amide bonds. The molecule has 6 nitrogen and oxygen atoms in total. The van der Waals surface area contributed by atoms with E-state index in [1.807, 2.05) is 6.92 Å². The maximum Gasteiger partial charge on any atom is 0.154 e. The van der Waals surface area contributed by atoms with Gasteiger partial charge in [0.2, 0.25) is 0 Å². The number of anilines is 1. The summed E-state index contributed by atoms with van der Waals surface area (Å²) in [5.74, 6) is 0.544. The van der Waals surface area contributed by atoms with Gasteiger partial charge in [0.05, 0.1) is 24.4 Å². The number of aliphatic hydroxyl groups excluding tert-OH is 2. The highest BCUT2D eigenvalue weighted by atomic mass is 16.3. The van der Waals surface area contributed by atoms with Gasteiger partial charge in [-0.2, -0.15) is 5.10 Å². The number of hydrogen-bond donors (Lipinski definition) is 4. The van der Waals surface area contributed by atoms with Gasteiger partial charge in [0, 0.05) is 12.1 Å². The topological polar surface area (TPSA) is 104 Å². The molecule has 0 aromatic carbocycles. The van der Waals surface area contributed by atoms with E-state index < -0.39 is 5.54 Å². The Morgan fingerprint density at radius 1 is 1.11 bits per heavy atom. The van der Waals surface area contributed by atoms with Crippen LogP contribution in [0.4, 0.5) is 5.82 Å². The van der Waals surface area contributed by atoms with Crippen LogP contribution in [-0.4, -0.2) is 39.2 Å². The zero-order valence-corrected chi connectivity index (χ0v) is 11.9. The van der Waals surface area contributed by atoms with Crippen molar-refractivity contribution in [1.29, 1.82) is 0 Å². The molecule has 0 bridgehead atoms. The molecule has 0 aliphatic rings. The third-order valence-corrected chi connectivity index (χ3v) is 3.28. The van der Waals surface area contributed by atoms with Crippen molar-refractivity contribution in [3.63, 3.8) is 0 Å². The molecule has 1 aromatic rings. The van der Waals surface area contributed by atoms with Crippen molar-refractivity contribution in [1.82, 2.24) is 10.2 Å². The van der Waals surface area contributed by atoms with E-state index in [4.69, 9.17) is 5.73 Å². The summed E-state index contributed by atoms with van der Waals surface area (Å²) >= 11 is 0. The van der Waals surface area contributed by atoms with E-state index in [2.05, 4.69) is 22.4 Å². The maximum atomic E-state index is 9.34. The fourth-order valence-corrected chi connectivity index (χ4v) is 1.98. The average molecular weight is 268 g/mol. The molecule has 0 aliphatic heterocycles. The third-order valence-electron chi connectivity index (χ3n) is 3.28. The Kier molecular flexibility index (Phi) is 5.65. The Bertz CT molecular complexity index is 419. The van der Waals surface area contributed by atoms with E-state index in [0.29, 0.717) is 12.4 Å². The highest BCUT2D eigenvalue weighted by molar-refractivity contribution is 5.50. The third kappa shape index (κ3) is 3.40. The summed E-state index contributed by atoms with van der Waals surface area (Å²) in [5.41, 5.74) is 7.93. The lowest BCUT2D eigenvalue weighted by Crippen LogP contribution is -2.43. The number of nitrogens with zero attached hydrogens (tertiary/aromatic N) is 2. The first-order chi connectivity index (χ1) is 9.05. The summed E-state index contributed by atoms with van der Waals surface area (Å²) < 4.78 is 0. The Balaban J connectivity index is 3.21. The number of aryl methyl sites for hydroxylation is 1. The lowest BCUT2D eigenvalue weighted by Gasteiger charge is -2.28. The molecule has 108 valence electrons. The molecule has 5 N–H and O–H groups in total. The Morgan fingerprint density at radius 2 is 1.74 bits per heavy atom. The van der Waals surface area contributed by atoms with Crippen molar-refractivity contribution in [3.05, 3.63) is 16.8 Å². The Hall–Kier alpha value is -1.24. The van der Waals surface area contributed by atoms with Crippen LogP contribution in [0.3, 0.4) is 0 Å². The van der Waals surface area contributed by atoms with Crippen LogP contribution in [0.5, 0.6) is 0 Å². The van der Waals surface area contributed by atoms with Crippen molar-refractivity contribution in [2.24, 2.45) is 5.73 Å². The van der Waals surface area contributed by atoms with E-state index in [1.165, 1.54) is 0 Å². The van der Waals surface area contributed by atoms with Crippen molar-refractivity contribution in [2.45, 2.75) is 45.7 Å². The van der Waals surface area contributed by atoms with Crippen molar-refractivity contribution < 1.29 is 10.2 Å². The monoisotopic (exact) mass is 268 g/mol. The average Bonchev–Trinajstić information content (AvgIpc) is 2.46. The summed E-state index contributed by atoms with van der Waals surface area (Å²) in [6.07, 6.45) is 1.63. The zero-order chi connectivity index (χ0) is 14.5. The van der Waals surface area contributed by atoms with Crippen LogP contribution in [0.2, 0.25) is 0 Å². The molecular formula is C13H24N4O2. The van der Waals surface area contributed by atoms with Crippen molar-refractivity contribution in [3.8, 4) is 0 Å². The lowest BCUT2D eigenvalue weighted by molar-refractivity contribution is 0.147. The second-order valence-electron chi connectivity index (χ2n) is 4.87. The van der Waals surface area contributed by atoms with Gasteiger partial charge in [-0.1, -0.05) is 13.8 Å². The Labute approximate surface area is 114 Å². The van der Waals surface area contributed by atoms with Crippen LogP contribution in [0.25, 0.3) is 0 Å². The van der Waals surface area contributed by atoms with Gasteiger partial charge < -0.3 is 21.3 Å². The number of hydrogen-bond acceptors (Lipinski definition) is 6. The SMILES string of the molecule is CCc1nnc(NC(C)(CO)CO)c(CN)c1CC. The smallest absolute Gasteiger partial charge is 0.154 e. The van der Waals surface area contributed by atoms with E-state index in [9.17, 15) is 10.2 Å². The number of aromatic nitrogens is 2. The molecule has 0 aliphatic carbocycles. The van der Waals surface area contributed by atoms with Gasteiger partial charge in [0.15, 0.2) is 5.82 Å². The second-order valence-corrected chi connectivity index (χ2v) is 4.87. The standard InChI is InChI=1S/C13H24N4O2/c1-4-9-10(6-14)12(17-16-11(9)5-2)15-13(3,7-18)8-19/h18-19H,4-8,14H2,1-3H3,(H,15,17). The van der Waals surface area contributed by atoms with E-state index in [-0.39, 0.29) is 13.2 Å². The molecule has 1 aromatic heterocycles. The van der Waals surface area contributed by atoms with Gasteiger partial charge >= 0.3 is 0 Å². The van der Waals surface area contributed by atoms with Crippen molar-refractivity contribution >= 4 is 5.82 Å². The first-order valence-corrected chi connectivity index (χ1v) is 6.62. The molecule has 0 unspecified atom stereocenters. The molecular weight excluding hydrogens is 244 g/mol. The minimum atomic E-state index is -0.836. The van der Waals surface area contributed by atoms with Gasteiger partial charge in [-0.15, -0.1) is 5.10 Å². The van der Waals surface area contributed by atoms with Crippen LogP contribution < -0.4 is 11.1 Å². The van der Waals surface area contributed by atoms with Crippen molar-refractivity contribution in [2.75, 3.05) is 18.5 Å². The molecule has 0 spiro atoms. The molecule has 19 heavy (non-hydrogen) atoms. The molecule has 0 atom stereocenters. The molecule has 0 radical (unpaired) electrons. The predicted octanol–water partition coefficient (Wildman–Crippen LogP) is 0.215. The first-order valence-electron chi connectivity index (χ1n) is 6.62. The normalized spacial score (nSPS) is 11.7. The highest BCUT2D eigenvalue weighted by Crippen LogP contribution is 2.23. The number of nitrogens with one attached hydrogen (secondary N) is 1. The first kappa shape index (κ1) is 15.8. The van der Waals surface area contributed by atoms with Gasteiger partial charge in [0.25, 0.3) is 0 Å². The number of rotatable bonds is 7. The number of nitrogens with two attached hydrogens (primary N) is 1. The molecule has 0 saturated carbocycles. The zero-order valence-electron chi connectivity index (χ0n) is 11.9. The fourth-order valence-electron chi connectivity index (χ4n) is 1.98. The van der Waals surface area contributed by atoms with Gasteiger partial charge in [-0.25, -0.2) is 0 Å². The van der Waals surface area contributed by atoms with Crippen LogP contribution in [0.15, 0.2) is 0 Å². The molecule has 0 saturated heterocycles. The van der Waals surface area contributed by atoms with E-state index in [1.54, 1.807) is 6.92 Å². The molecule has 1 rings (SSSR count). The highest BCUT2D eigenvalue weighted by Gasteiger charge is 2.25. The molecule has 0 fully saturated rings. The molecule has 6 heteroatoms. The van der Waals surface area contributed by atoms with Crippen LogP contribution in [0.1, 0.15) is 37.6 Å². The van der Waals surface area contributed by atoms with Crippen LogP contribution in [-0.2, 0) is 19.4 Å². The van der Waals surface area contributed by atoms with Gasteiger partial charge in [0.1, 0.15) is 0 Å². The number of aliphatic hydroxyl groups is 2.